The van der Waals surface area contributed by atoms with Crippen molar-refractivity contribution in [2.75, 3.05) is 13.2 Å². The van der Waals surface area contributed by atoms with E-state index >= 15 is 0 Å². The second kappa shape index (κ2) is 44.1. The number of carbonyl (C=O) groups is 3. The van der Waals surface area contributed by atoms with Gasteiger partial charge in [0, 0.05) is 19.3 Å². The van der Waals surface area contributed by atoms with Crippen molar-refractivity contribution in [3.8, 4) is 0 Å². The van der Waals surface area contributed by atoms with Crippen molar-refractivity contribution in [1.82, 2.24) is 0 Å². The fourth-order valence-electron chi connectivity index (χ4n) is 6.37. The molecule has 0 aromatic carbocycles. The van der Waals surface area contributed by atoms with E-state index in [1.165, 1.54) is 96.3 Å². The molecule has 6 nitrogen and oxygen atoms in total. The molecule has 0 N–H and O–H groups in total. The highest BCUT2D eigenvalue weighted by molar-refractivity contribution is 5.71. The van der Waals surface area contributed by atoms with Crippen LogP contribution in [0.15, 0.2) is 48.6 Å². The minimum absolute atomic E-state index is 0.0735. The molecular weight excluding hydrogens is 685 g/mol. The minimum Gasteiger partial charge on any atom is -0.462 e. The van der Waals surface area contributed by atoms with Gasteiger partial charge in [-0.25, -0.2) is 0 Å². The zero-order valence-electron chi connectivity index (χ0n) is 36.2. The van der Waals surface area contributed by atoms with Crippen molar-refractivity contribution in [2.24, 2.45) is 0 Å². The number of carbonyl (C=O) groups excluding carboxylic acids is 3. The summed E-state index contributed by atoms with van der Waals surface area (Å²) in [6, 6.07) is 0. The molecule has 1 unspecified atom stereocenters. The number of allylic oxidation sites excluding steroid dienone is 8. The lowest BCUT2D eigenvalue weighted by molar-refractivity contribution is -0.167. The molecule has 0 aliphatic rings. The molecule has 55 heavy (non-hydrogen) atoms. The fraction of sp³-hybridized carbons (Fsp3) is 0.776. The number of esters is 3. The Morgan fingerprint density at radius 3 is 1.11 bits per heavy atom. The van der Waals surface area contributed by atoms with Gasteiger partial charge in [0.1, 0.15) is 13.2 Å². The molecule has 0 heterocycles. The Bertz CT molecular complexity index is 980. The first kappa shape index (κ1) is 52.4. The lowest BCUT2D eigenvalue weighted by Crippen LogP contribution is -2.30. The molecule has 0 aromatic rings. The van der Waals surface area contributed by atoms with E-state index in [0.29, 0.717) is 19.3 Å². The number of unbranched alkanes of at least 4 members (excludes halogenated alkanes) is 22. The summed E-state index contributed by atoms with van der Waals surface area (Å²) in [6.45, 7) is 6.41. The molecule has 0 spiro atoms. The van der Waals surface area contributed by atoms with Gasteiger partial charge in [0.15, 0.2) is 6.10 Å². The number of rotatable bonds is 41. The topological polar surface area (TPSA) is 78.9 Å². The third-order valence-corrected chi connectivity index (χ3v) is 9.85. The second-order valence-corrected chi connectivity index (χ2v) is 15.3. The van der Waals surface area contributed by atoms with Crippen LogP contribution in [0.2, 0.25) is 0 Å². The van der Waals surface area contributed by atoms with Crippen LogP contribution in [0.5, 0.6) is 0 Å². The lowest BCUT2D eigenvalue weighted by atomic mass is 10.1. The van der Waals surface area contributed by atoms with Gasteiger partial charge < -0.3 is 14.2 Å². The van der Waals surface area contributed by atoms with Gasteiger partial charge in [0.25, 0.3) is 0 Å². The SMILES string of the molecule is CC/C=C\C/C=C\C/C=C\C/C=C\CCCCCCCCCCCCC(=O)OCC(COC(=O)CCCCCCC)OC(=O)CCCCCCCCCCC. The molecule has 0 bridgehead atoms. The smallest absolute Gasteiger partial charge is 0.306 e. The van der Waals surface area contributed by atoms with E-state index in [0.717, 1.165) is 89.9 Å². The summed E-state index contributed by atoms with van der Waals surface area (Å²) in [4.78, 5) is 37.4. The van der Waals surface area contributed by atoms with Gasteiger partial charge >= 0.3 is 17.9 Å². The van der Waals surface area contributed by atoms with Crippen LogP contribution >= 0.6 is 0 Å². The van der Waals surface area contributed by atoms with Crippen LogP contribution in [0.25, 0.3) is 0 Å². The monoisotopic (exact) mass is 771 g/mol. The molecule has 0 aliphatic heterocycles. The first-order chi connectivity index (χ1) is 27.0. The minimum atomic E-state index is -0.765. The maximum atomic E-state index is 12.6. The van der Waals surface area contributed by atoms with Crippen molar-refractivity contribution in [2.45, 2.75) is 232 Å². The highest BCUT2D eigenvalue weighted by Gasteiger charge is 2.19. The van der Waals surface area contributed by atoms with Gasteiger partial charge in [0.05, 0.1) is 0 Å². The van der Waals surface area contributed by atoms with Crippen LogP contribution in [-0.2, 0) is 28.6 Å². The Kier molecular flexibility index (Phi) is 42.0. The maximum Gasteiger partial charge on any atom is 0.306 e. The van der Waals surface area contributed by atoms with Gasteiger partial charge in [-0.1, -0.05) is 198 Å². The Morgan fingerprint density at radius 1 is 0.382 bits per heavy atom. The van der Waals surface area contributed by atoms with E-state index in [2.05, 4.69) is 69.4 Å². The predicted molar refractivity (Wildman–Crippen MR) is 233 cm³/mol. The van der Waals surface area contributed by atoms with Crippen molar-refractivity contribution in [1.29, 1.82) is 0 Å². The Hall–Kier alpha value is -2.63. The molecule has 1 atom stereocenters. The van der Waals surface area contributed by atoms with Crippen LogP contribution < -0.4 is 0 Å². The van der Waals surface area contributed by atoms with Crippen molar-refractivity contribution in [3.63, 3.8) is 0 Å². The van der Waals surface area contributed by atoms with E-state index < -0.39 is 6.10 Å². The molecule has 0 rings (SSSR count). The Labute approximate surface area is 339 Å². The molecule has 0 saturated heterocycles. The number of ether oxygens (including phenoxy) is 3. The van der Waals surface area contributed by atoms with E-state index in [-0.39, 0.29) is 31.1 Å². The third kappa shape index (κ3) is 42.4. The molecule has 6 heteroatoms. The van der Waals surface area contributed by atoms with Crippen molar-refractivity contribution < 1.29 is 28.6 Å². The zero-order valence-corrected chi connectivity index (χ0v) is 36.2. The molecule has 318 valence electrons. The van der Waals surface area contributed by atoms with Crippen molar-refractivity contribution in [3.05, 3.63) is 48.6 Å². The van der Waals surface area contributed by atoms with Crippen molar-refractivity contribution >= 4 is 17.9 Å². The Morgan fingerprint density at radius 2 is 0.709 bits per heavy atom. The standard InChI is InChI=1S/C49H86O6/c1-4-7-10-13-15-17-18-19-20-21-22-23-24-25-26-27-28-29-30-32-33-36-39-42-48(51)54-45-46(44-53-47(50)41-38-35-12-9-6-3)55-49(52)43-40-37-34-31-16-14-11-8-5-2/h7,10,15,17,19-20,22-23,46H,4-6,8-9,11-14,16,18,21,24-45H2,1-3H3/b10-7-,17-15-,20-19-,23-22-. The Balaban J connectivity index is 4.07. The molecule has 0 saturated carbocycles. The first-order valence-corrected chi connectivity index (χ1v) is 23.1. The van der Waals surface area contributed by atoms with Crippen LogP contribution in [0.3, 0.4) is 0 Å². The van der Waals surface area contributed by atoms with Gasteiger partial charge in [0.2, 0.25) is 0 Å². The molecular formula is C49H86O6. The van der Waals surface area contributed by atoms with Crippen LogP contribution in [0.1, 0.15) is 226 Å². The molecule has 0 aromatic heterocycles. The third-order valence-electron chi connectivity index (χ3n) is 9.85. The number of hydrogen-bond acceptors (Lipinski definition) is 6. The zero-order chi connectivity index (χ0) is 40.1. The lowest BCUT2D eigenvalue weighted by Gasteiger charge is -2.18. The quantitative estimate of drug-likeness (QED) is 0.0267. The first-order valence-electron chi connectivity index (χ1n) is 23.1. The van der Waals surface area contributed by atoms with Gasteiger partial charge in [-0.2, -0.15) is 0 Å². The fourth-order valence-corrected chi connectivity index (χ4v) is 6.37. The van der Waals surface area contributed by atoms with Gasteiger partial charge in [-0.3, -0.25) is 14.4 Å². The van der Waals surface area contributed by atoms with E-state index in [9.17, 15) is 14.4 Å². The summed E-state index contributed by atoms with van der Waals surface area (Å²) < 4.78 is 16.6. The normalized spacial score (nSPS) is 12.4. The van der Waals surface area contributed by atoms with Crippen LogP contribution in [0.4, 0.5) is 0 Å². The number of hydrogen-bond donors (Lipinski definition) is 0. The molecule has 0 amide bonds. The highest BCUT2D eigenvalue weighted by atomic mass is 16.6. The maximum absolute atomic E-state index is 12.6. The average Bonchev–Trinajstić information content (AvgIpc) is 3.18. The summed E-state index contributed by atoms with van der Waals surface area (Å²) in [5.74, 6) is -0.894. The highest BCUT2D eigenvalue weighted by Crippen LogP contribution is 2.14. The van der Waals surface area contributed by atoms with Gasteiger partial charge in [-0.15, -0.1) is 0 Å². The predicted octanol–water partition coefficient (Wildman–Crippen LogP) is 14.8. The van der Waals surface area contributed by atoms with Crippen LogP contribution in [0, 0.1) is 0 Å². The van der Waals surface area contributed by atoms with E-state index in [1.807, 2.05) is 0 Å². The largest absolute Gasteiger partial charge is 0.462 e. The summed E-state index contributed by atoms with van der Waals surface area (Å²) in [7, 11) is 0. The summed E-state index contributed by atoms with van der Waals surface area (Å²) >= 11 is 0. The summed E-state index contributed by atoms with van der Waals surface area (Å²) in [5.41, 5.74) is 0. The summed E-state index contributed by atoms with van der Waals surface area (Å²) in [6.07, 6.45) is 51.4. The average molecular weight is 771 g/mol. The van der Waals surface area contributed by atoms with Crippen LogP contribution in [-0.4, -0.2) is 37.2 Å². The van der Waals surface area contributed by atoms with E-state index in [1.54, 1.807) is 0 Å². The molecule has 0 radical (unpaired) electrons. The summed E-state index contributed by atoms with van der Waals surface area (Å²) in [5, 5.41) is 0. The second-order valence-electron chi connectivity index (χ2n) is 15.3. The van der Waals surface area contributed by atoms with E-state index in [4.69, 9.17) is 14.2 Å². The van der Waals surface area contributed by atoms with Gasteiger partial charge in [-0.05, 0) is 57.8 Å². The molecule has 0 aliphatic carbocycles. The molecule has 0 fully saturated rings.